The number of thiophene rings is 2. The molecule has 3 heterocycles. The Labute approximate surface area is 197 Å². The lowest BCUT2D eigenvalue weighted by Gasteiger charge is -2.34. The Kier molecular flexibility index (Phi) is 6.83. The molecule has 0 saturated heterocycles. The molecule has 0 saturated carbocycles. The summed E-state index contributed by atoms with van der Waals surface area (Å²) >= 11 is 3.49. The van der Waals surface area contributed by atoms with Gasteiger partial charge in [-0.05, 0) is 73.0 Å². The van der Waals surface area contributed by atoms with E-state index in [1.807, 2.05) is 19.9 Å². The fraction of sp³-hybridized carbons (Fsp3) is 0.348. The van der Waals surface area contributed by atoms with Gasteiger partial charge in [-0.3, -0.25) is 9.69 Å². The van der Waals surface area contributed by atoms with Crippen LogP contribution in [0, 0.1) is 0 Å². The number of nitrogens with one attached hydrogen (secondary N) is 1. The van der Waals surface area contributed by atoms with Crippen LogP contribution < -0.4 is 5.32 Å². The molecule has 0 fully saturated rings. The van der Waals surface area contributed by atoms with Gasteiger partial charge in [-0.25, -0.2) is 8.42 Å². The third-order valence-corrected chi connectivity index (χ3v) is 9.74. The predicted octanol–water partition coefficient (Wildman–Crippen LogP) is 4.42. The highest BCUT2D eigenvalue weighted by molar-refractivity contribution is 7.89. The minimum Gasteiger partial charge on any atom is -0.325 e. The van der Waals surface area contributed by atoms with Crippen LogP contribution in [-0.2, 0) is 21.2 Å². The minimum atomic E-state index is -3.55. The Bertz CT molecular complexity index is 1170. The van der Waals surface area contributed by atoms with E-state index in [4.69, 9.17) is 0 Å². The van der Waals surface area contributed by atoms with Crippen molar-refractivity contribution < 1.29 is 13.2 Å². The molecule has 2 aromatic heterocycles. The van der Waals surface area contributed by atoms with E-state index in [1.165, 1.54) is 31.8 Å². The SMILES string of the molecule is CC(C)N(C)S(=O)(=O)c1ccc(NC(=O)CN2CCc3sccc3C2c2cccs2)cc1. The van der Waals surface area contributed by atoms with Crippen molar-refractivity contribution in [1.29, 1.82) is 0 Å². The van der Waals surface area contributed by atoms with E-state index < -0.39 is 10.0 Å². The molecule has 1 aromatic carbocycles. The summed E-state index contributed by atoms with van der Waals surface area (Å²) in [5.41, 5.74) is 1.88. The number of anilines is 1. The molecule has 1 atom stereocenters. The van der Waals surface area contributed by atoms with E-state index in [1.54, 1.807) is 41.9 Å². The first kappa shape index (κ1) is 23.1. The summed E-state index contributed by atoms with van der Waals surface area (Å²) in [6, 6.07) is 12.7. The molecule has 0 aliphatic carbocycles. The zero-order valence-corrected chi connectivity index (χ0v) is 20.8. The number of amides is 1. The van der Waals surface area contributed by atoms with Gasteiger partial charge in [-0.2, -0.15) is 4.31 Å². The first-order valence-corrected chi connectivity index (χ1v) is 13.7. The topological polar surface area (TPSA) is 69.7 Å². The van der Waals surface area contributed by atoms with Crippen LogP contribution in [0.3, 0.4) is 0 Å². The van der Waals surface area contributed by atoms with Crippen LogP contribution in [-0.4, -0.2) is 49.7 Å². The van der Waals surface area contributed by atoms with Crippen molar-refractivity contribution in [3.8, 4) is 0 Å². The lowest BCUT2D eigenvalue weighted by molar-refractivity contribution is -0.117. The second kappa shape index (κ2) is 9.44. The molecule has 0 spiro atoms. The predicted molar refractivity (Wildman–Crippen MR) is 131 cm³/mol. The van der Waals surface area contributed by atoms with Crippen molar-refractivity contribution in [3.63, 3.8) is 0 Å². The van der Waals surface area contributed by atoms with E-state index in [9.17, 15) is 13.2 Å². The molecule has 1 aliphatic heterocycles. The van der Waals surface area contributed by atoms with Gasteiger partial charge in [0.05, 0.1) is 17.5 Å². The largest absolute Gasteiger partial charge is 0.325 e. The maximum atomic E-state index is 12.9. The zero-order chi connectivity index (χ0) is 22.9. The molecule has 0 radical (unpaired) electrons. The molecular weight excluding hydrogens is 462 g/mol. The molecule has 1 amide bonds. The van der Waals surface area contributed by atoms with Gasteiger partial charge in [-0.15, -0.1) is 22.7 Å². The Morgan fingerprint density at radius 3 is 2.56 bits per heavy atom. The molecule has 4 rings (SSSR count). The zero-order valence-electron chi connectivity index (χ0n) is 18.3. The molecule has 1 aliphatic rings. The van der Waals surface area contributed by atoms with Gasteiger partial charge in [0.2, 0.25) is 15.9 Å². The summed E-state index contributed by atoms with van der Waals surface area (Å²) < 4.78 is 26.6. The maximum absolute atomic E-state index is 12.9. The van der Waals surface area contributed by atoms with Crippen LogP contribution in [0.1, 0.15) is 35.2 Å². The summed E-state index contributed by atoms with van der Waals surface area (Å²) in [5, 5.41) is 7.12. The molecule has 9 heteroatoms. The number of nitrogens with zero attached hydrogens (tertiary/aromatic N) is 2. The van der Waals surface area contributed by atoms with E-state index in [0.29, 0.717) is 5.69 Å². The van der Waals surface area contributed by atoms with E-state index in [0.717, 1.165) is 13.0 Å². The number of benzene rings is 1. The van der Waals surface area contributed by atoms with E-state index in [-0.39, 0.29) is 29.4 Å². The van der Waals surface area contributed by atoms with Crippen LogP contribution in [0.5, 0.6) is 0 Å². The standard InChI is InChI=1S/C23H27N3O3S3/c1-16(2)25(3)32(28,29)18-8-6-17(7-9-18)24-22(27)15-26-12-10-20-19(11-14-31-20)23(26)21-5-4-13-30-21/h4-9,11,13-14,16,23H,10,12,15H2,1-3H3,(H,24,27). The molecule has 0 bridgehead atoms. The Balaban J connectivity index is 1.46. The number of hydrogen-bond acceptors (Lipinski definition) is 6. The van der Waals surface area contributed by atoms with Gasteiger partial charge in [-0.1, -0.05) is 6.07 Å². The minimum absolute atomic E-state index is 0.0924. The van der Waals surface area contributed by atoms with Crippen molar-refractivity contribution in [1.82, 2.24) is 9.21 Å². The van der Waals surface area contributed by atoms with Gasteiger partial charge >= 0.3 is 0 Å². The van der Waals surface area contributed by atoms with Gasteiger partial charge < -0.3 is 5.32 Å². The monoisotopic (exact) mass is 489 g/mol. The molecule has 32 heavy (non-hydrogen) atoms. The average molecular weight is 490 g/mol. The number of sulfonamides is 1. The highest BCUT2D eigenvalue weighted by atomic mass is 32.2. The summed E-state index contributed by atoms with van der Waals surface area (Å²) in [7, 11) is -1.98. The summed E-state index contributed by atoms with van der Waals surface area (Å²) in [4.78, 5) is 17.9. The van der Waals surface area contributed by atoms with E-state index in [2.05, 4.69) is 33.1 Å². The number of carbonyl (C=O) groups excluding carboxylic acids is 1. The van der Waals surface area contributed by atoms with Crippen molar-refractivity contribution in [2.24, 2.45) is 0 Å². The van der Waals surface area contributed by atoms with Crippen molar-refractivity contribution in [2.75, 3.05) is 25.5 Å². The lowest BCUT2D eigenvalue weighted by atomic mass is 9.98. The first-order valence-electron chi connectivity index (χ1n) is 10.5. The smallest absolute Gasteiger partial charge is 0.243 e. The quantitative estimate of drug-likeness (QED) is 0.533. The Hall–Kier alpha value is -2.04. The first-order chi connectivity index (χ1) is 15.3. The summed E-state index contributed by atoms with van der Waals surface area (Å²) in [6.07, 6.45) is 0.943. The van der Waals surface area contributed by atoms with Crippen LogP contribution in [0.25, 0.3) is 0 Å². The Morgan fingerprint density at radius 2 is 1.91 bits per heavy atom. The van der Waals surface area contributed by atoms with Gasteiger partial charge in [0.25, 0.3) is 0 Å². The van der Waals surface area contributed by atoms with Crippen molar-refractivity contribution in [3.05, 3.63) is 68.5 Å². The van der Waals surface area contributed by atoms with Gasteiger partial charge in [0.1, 0.15) is 0 Å². The molecule has 170 valence electrons. The van der Waals surface area contributed by atoms with Gasteiger partial charge in [0.15, 0.2) is 0 Å². The van der Waals surface area contributed by atoms with Crippen LogP contribution in [0.4, 0.5) is 5.69 Å². The third kappa shape index (κ3) is 4.67. The summed E-state index contributed by atoms with van der Waals surface area (Å²) in [5.74, 6) is -0.111. The highest BCUT2D eigenvalue weighted by Gasteiger charge is 2.31. The second-order valence-corrected chi connectivity index (χ2v) is 12.1. The fourth-order valence-electron chi connectivity index (χ4n) is 3.86. The van der Waals surface area contributed by atoms with Crippen molar-refractivity contribution >= 4 is 44.3 Å². The summed E-state index contributed by atoms with van der Waals surface area (Å²) in [6.45, 7) is 4.75. The highest BCUT2D eigenvalue weighted by Crippen LogP contribution is 2.39. The van der Waals surface area contributed by atoms with E-state index >= 15 is 0 Å². The van der Waals surface area contributed by atoms with Crippen molar-refractivity contribution in [2.45, 2.75) is 37.2 Å². The molecule has 3 aromatic rings. The molecule has 6 nitrogen and oxygen atoms in total. The fourth-order valence-corrected chi connectivity index (χ4v) is 7.01. The lowest BCUT2D eigenvalue weighted by Crippen LogP contribution is -2.40. The number of rotatable bonds is 7. The van der Waals surface area contributed by atoms with Gasteiger partial charge in [0, 0.05) is 35.1 Å². The molecule has 1 unspecified atom stereocenters. The molecule has 1 N–H and O–H groups in total. The number of carbonyl (C=O) groups is 1. The average Bonchev–Trinajstić information content (AvgIpc) is 3.45. The third-order valence-electron chi connectivity index (χ3n) is 5.77. The van der Waals surface area contributed by atoms with Crippen LogP contribution in [0.2, 0.25) is 0 Å². The van der Waals surface area contributed by atoms with Crippen LogP contribution in [0.15, 0.2) is 58.1 Å². The second-order valence-electron chi connectivity index (χ2n) is 8.13. The molecular formula is C23H27N3O3S3. The van der Waals surface area contributed by atoms with Crippen LogP contribution >= 0.6 is 22.7 Å². The maximum Gasteiger partial charge on any atom is 0.243 e. The number of fused-ring (bicyclic) bond motifs is 1. The normalized spacial score (nSPS) is 17.0. The number of hydrogen-bond donors (Lipinski definition) is 1. The Morgan fingerprint density at radius 1 is 1.16 bits per heavy atom.